The maximum atomic E-state index is 9.56. The third kappa shape index (κ3) is 5.25. The normalized spacial score (nSPS) is 12.2. The zero-order valence-electron chi connectivity index (χ0n) is 27.5. The molecule has 3 nitrogen and oxygen atoms in total. The summed E-state index contributed by atoms with van der Waals surface area (Å²) in [5, 5.41) is 29.4. The zero-order chi connectivity index (χ0) is 33.4. The predicted octanol–water partition coefficient (Wildman–Crippen LogP) is 11.5. The van der Waals surface area contributed by atoms with Gasteiger partial charge in [0, 0.05) is 12.1 Å². The molecule has 1 unspecified atom stereocenters. The fourth-order valence-electron chi connectivity index (χ4n) is 7.66. The predicted molar refractivity (Wildman–Crippen MR) is 212 cm³/mol. The van der Waals surface area contributed by atoms with E-state index in [0.717, 1.165) is 27.6 Å². The molecule has 50 heavy (non-hydrogen) atoms. The summed E-state index contributed by atoms with van der Waals surface area (Å²) in [4.78, 5) is 0. The van der Waals surface area contributed by atoms with Gasteiger partial charge in [0.15, 0.2) is 0 Å². The minimum Gasteiger partial charge on any atom is -0.351 e. The van der Waals surface area contributed by atoms with Crippen LogP contribution in [0, 0.1) is 5.41 Å². The average molecular weight is 642 g/mol. The van der Waals surface area contributed by atoms with Crippen molar-refractivity contribution in [3.8, 4) is 11.1 Å². The summed E-state index contributed by atoms with van der Waals surface area (Å²) in [5.74, 6) is 0.368. The van der Waals surface area contributed by atoms with Gasteiger partial charge in [0.25, 0.3) is 0 Å². The summed E-state index contributed by atoms with van der Waals surface area (Å²) in [6, 6.07) is 62.2. The van der Waals surface area contributed by atoms with E-state index < -0.39 is 0 Å². The highest BCUT2D eigenvalue weighted by Crippen LogP contribution is 2.36. The number of hydrogen-bond donors (Lipinski definition) is 3. The summed E-state index contributed by atoms with van der Waals surface area (Å²) in [7, 11) is 0. The van der Waals surface area contributed by atoms with Crippen molar-refractivity contribution in [1.29, 1.82) is 5.41 Å². The zero-order valence-corrected chi connectivity index (χ0v) is 27.5. The topological polar surface area (TPSA) is 47.9 Å². The lowest BCUT2D eigenvalue weighted by atomic mass is 9.92. The molecule has 9 aromatic carbocycles. The van der Waals surface area contributed by atoms with Crippen LogP contribution in [0.2, 0.25) is 0 Å². The molecule has 0 bridgehead atoms. The highest BCUT2D eigenvalue weighted by molar-refractivity contribution is 6.14. The second kappa shape index (κ2) is 12.6. The first-order valence-electron chi connectivity index (χ1n) is 17.2. The van der Waals surface area contributed by atoms with E-state index in [1.807, 2.05) is 36.4 Å². The van der Waals surface area contributed by atoms with E-state index in [-0.39, 0.29) is 6.17 Å². The van der Waals surface area contributed by atoms with Crippen LogP contribution in [0.15, 0.2) is 176 Å². The Balaban J connectivity index is 1.20. The van der Waals surface area contributed by atoms with Crippen LogP contribution in [0.4, 0.5) is 0 Å². The maximum Gasteiger partial charge on any atom is 0.127 e. The van der Waals surface area contributed by atoms with Gasteiger partial charge >= 0.3 is 0 Å². The molecule has 0 aliphatic rings. The van der Waals surface area contributed by atoms with Gasteiger partial charge in [0.05, 0.1) is 0 Å². The van der Waals surface area contributed by atoms with Gasteiger partial charge in [-0.1, -0.05) is 164 Å². The molecule has 1 atom stereocenters. The summed E-state index contributed by atoms with van der Waals surface area (Å²) in [6.45, 7) is 0.600. The van der Waals surface area contributed by atoms with E-state index >= 15 is 0 Å². The van der Waals surface area contributed by atoms with Crippen molar-refractivity contribution >= 4 is 59.7 Å². The molecule has 0 spiro atoms. The van der Waals surface area contributed by atoms with E-state index in [4.69, 9.17) is 0 Å². The average Bonchev–Trinajstić information content (AvgIpc) is 3.19. The quantitative estimate of drug-likeness (QED) is 0.0533. The van der Waals surface area contributed by atoms with Crippen LogP contribution in [0.1, 0.15) is 22.9 Å². The molecule has 0 saturated heterocycles. The van der Waals surface area contributed by atoms with E-state index in [0.29, 0.717) is 12.4 Å². The SMILES string of the molecule is N=C(NC(NCc1c2ccccc2cc2c1ccc1ccccc12)c1cc2ccccc2c2ccccc12)c1ccccc1-c1ccccc1. The van der Waals surface area contributed by atoms with Crippen LogP contribution in [-0.4, -0.2) is 5.84 Å². The largest absolute Gasteiger partial charge is 0.351 e. The third-order valence-electron chi connectivity index (χ3n) is 10.0. The van der Waals surface area contributed by atoms with Gasteiger partial charge in [-0.2, -0.15) is 0 Å². The van der Waals surface area contributed by atoms with Crippen molar-refractivity contribution in [2.24, 2.45) is 0 Å². The molecule has 0 aromatic heterocycles. The van der Waals surface area contributed by atoms with E-state index in [9.17, 15) is 5.41 Å². The molecule has 3 N–H and O–H groups in total. The van der Waals surface area contributed by atoms with Crippen molar-refractivity contribution in [3.05, 3.63) is 193 Å². The number of fused-ring (bicyclic) bond motifs is 7. The number of amidine groups is 1. The Kier molecular flexibility index (Phi) is 7.53. The molecule has 9 aromatic rings. The van der Waals surface area contributed by atoms with Gasteiger partial charge in [-0.25, -0.2) is 0 Å². The third-order valence-corrected chi connectivity index (χ3v) is 10.0. The second-order valence-electron chi connectivity index (χ2n) is 12.9. The Hall–Kier alpha value is -6.29. The highest BCUT2D eigenvalue weighted by atomic mass is 15.1. The number of benzene rings is 9. The Morgan fingerprint density at radius 2 is 1.04 bits per heavy atom. The van der Waals surface area contributed by atoms with Crippen LogP contribution in [0.25, 0.3) is 65.0 Å². The van der Waals surface area contributed by atoms with Crippen LogP contribution in [-0.2, 0) is 6.54 Å². The summed E-state index contributed by atoms with van der Waals surface area (Å²) < 4.78 is 0. The molecule has 3 heteroatoms. The molecule has 0 radical (unpaired) electrons. The minimum atomic E-state index is -0.365. The molecule has 0 fully saturated rings. The van der Waals surface area contributed by atoms with Gasteiger partial charge in [-0.3, -0.25) is 10.7 Å². The van der Waals surface area contributed by atoms with Crippen molar-refractivity contribution in [2.75, 3.05) is 0 Å². The van der Waals surface area contributed by atoms with Crippen molar-refractivity contribution < 1.29 is 0 Å². The van der Waals surface area contributed by atoms with Gasteiger partial charge < -0.3 is 5.32 Å². The molecule has 238 valence electrons. The van der Waals surface area contributed by atoms with Gasteiger partial charge in [-0.15, -0.1) is 0 Å². The standard InChI is InChI=1S/C47H35N3/c48-46(42-25-13-10-19-35(42)31-14-2-1-3-15-31)50-47(44-29-34-18-5-8-21-37(34)39-23-11-12-24-40(39)44)49-30-45-38-22-9-6-17-33(38)28-43-36-20-7-4-16-32(36)26-27-41(43)45/h1-29,47,49H,30H2,(H2,48,50). The van der Waals surface area contributed by atoms with E-state index in [1.54, 1.807) is 0 Å². The lowest BCUT2D eigenvalue weighted by Crippen LogP contribution is -2.38. The Labute approximate surface area is 291 Å². The molecule has 0 amide bonds. The van der Waals surface area contributed by atoms with E-state index in [1.165, 1.54) is 54.0 Å². The van der Waals surface area contributed by atoms with Gasteiger partial charge in [0.2, 0.25) is 0 Å². The van der Waals surface area contributed by atoms with E-state index in [2.05, 4.69) is 150 Å². The molecule has 9 rings (SSSR count). The van der Waals surface area contributed by atoms with Crippen LogP contribution in [0.3, 0.4) is 0 Å². The number of nitrogens with one attached hydrogen (secondary N) is 3. The fourth-order valence-corrected chi connectivity index (χ4v) is 7.66. The van der Waals surface area contributed by atoms with Crippen LogP contribution >= 0.6 is 0 Å². The maximum absolute atomic E-state index is 9.56. The first-order chi connectivity index (χ1) is 24.7. The molecule has 0 aliphatic carbocycles. The fraction of sp³-hybridized carbons (Fsp3) is 0.0426. The van der Waals surface area contributed by atoms with Crippen LogP contribution < -0.4 is 10.6 Å². The van der Waals surface area contributed by atoms with Gasteiger partial charge in [0.1, 0.15) is 12.0 Å². The molecule has 0 aliphatic heterocycles. The highest BCUT2D eigenvalue weighted by Gasteiger charge is 2.21. The number of rotatable bonds is 7. The summed E-state index contributed by atoms with van der Waals surface area (Å²) in [6.07, 6.45) is -0.365. The van der Waals surface area contributed by atoms with Crippen molar-refractivity contribution in [1.82, 2.24) is 10.6 Å². The summed E-state index contributed by atoms with van der Waals surface area (Å²) in [5.41, 5.74) is 5.33. The molecule has 0 heterocycles. The molecular weight excluding hydrogens is 607 g/mol. The lowest BCUT2D eigenvalue weighted by Gasteiger charge is -2.26. The van der Waals surface area contributed by atoms with Crippen molar-refractivity contribution in [3.63, 3.8) is 0 Å². The number of hydrogen-bond acceptors (Lipinski definition) is 2. The minimum absolute atomic E-state index is 0.365. The monoisotopic (exact) mass is 641 g/mol. The lowest BCUT2D eigenvalue weighted by molar-refractivity contribution is 0.510. The van der Waals surface area contributed by atoms with Crippen molar-refractivity contribution in [2.45, 2.75) is 12.7 Å². The first kappa shape index (κ1) is 29.8. The summed E-state index contributed by atoms with van der Waals surface area (Å²) >= 11 is 0. The second-order valence-corrected chi connectivity index (χ2v) is 12.9. The molecule has 0 saturated carbocycles. The Morgan fingerprint density at radius 3 is 1.82 bits per heavy atom. The smallest absolute Gasteiger partial charge is 0.127 e. The van der Waals surface area contributed by atoms with Crippen LogP contribution in [0.5, 0.6) is 0 Å². The Bertz CT molecular complexity index is 2710. The van der Waals surface area contributed by atoms with Gasteiger partial charge in [-0.05, 0) is 88.2 Å². The first-order valence-corrected chi connectivity index (χ1v) is 17.2. The Morgan fingerprint density at radius 1 is 0.460 bits per heavy atom. The molecular formula is C47H35N3.